The van der Waals surface area contributed by atoms with E-state index in [2.05, 4.69) is 14.9 Å². The molecule has 0 unspecified atom stereocenters. The van der Waals surface area contributed by atoms with Crippen LogP contribution in [0.2, 0.25) is 0 Å². The summed E-state index contributed by atoms with van der Waals surface area (Å²) in [7, 11) is 1.58. The number of benzene rings is 1. The van der Waals surface area contributed by atoms with E-state index in [-0.39, 0.29) is 11.9 Å². The second-order valence-corrected chi connectivity index (χ2v) is 4.78. The molecule has 0 radical (unpaired) electrons. The van der Waals surface area contributed by atoms with Gasteiger partial charge in [-0.05, 0) is 17.7 Å². The van der Waals surface area contributed by atoms with Crippen molar-refractivity contribution in [1.29, 1.82) is 0 Å². The Morgan fingerprint density at radius 1 is 1.29 bits per heavy atom. The van der Waals surface area contributed by atoms with E-state index >= 15 is 0 Å². The van der Waals surface area contributed by atoms with Gasteiger partial charge in [0.15, 0.2) is 0 Å². The van der Waals surface area contributed by atoms with Crippen LogP contribution in [0.25, 0.3) is 0 Å². The summed E-state index contributed by atoms with van der Waals surface area (Å²) < 4.78 is 23.9. The molecule has 21 heavy (non-hydrogen) atoms. The Bertz CT molecular complexity index is 606. The molecule has 0 spiro atoms. The van der Waals surface area contributed by atoms with Crippen LogP contribution in [0.3, 0.4) is 0 Å². The number of nitrogens with zero attached hydrogens (tertiary/aromatic N) is 3. The van der Waals surface area contributed by atoms with Crippen LogP contribution in [0.1, 0.15) is 11.7 Å². The molecule has 1 aliphatic heterocycles. The van der Waals surface area contributed by atoms with E-state index in [1.807, 2.05) is 0 Å². The zero-order valence-corrected chi connectivity index (χ0v) is 11.7. The summed E-state index contributed by atoms with van der Waals surface area (Å²) in [6.07, 6.45) is 1.39. The molecule has 1 fully saturated rings. The SMILES string of the molecule is COc1cc(N2CCO[C@H](c3ccc(F)cc3)C2)ncn1. The topological polar surface area (TPSA) is 47.5 Å². The fourth-order valence-electron chi connectivity index (χ4n) is 2.35. The molecule has 1 atom stereocenters. The molecular formula is C15H16FN3O2. The molecule has 0 aliphatic carbocycles. The second-order valence-electron chi connectivity index (χ2n) is 4.78. The maximum atomic E-state index is 13.0. The van der Waals surface area contributed by atoms with Crippen molar-refractivity contribution < 1.29 is 13.9 Å². The van der Waals surface area contributed by atoms with Crippen LogP contribution in [0.15, 0.2) is 36.7 Å². The third kappa shape index (κ3) is 3.11. The Balaban J connectivity index is 1.77. The van der Waals surface area contributed by atoms with Crippen LogP contribution in [-0.4, -0.2) is 36.8 Å². The molecule has 1 saturated heterocycles. The lowest BCUT2D eigenvalue weighted by Gasteiger charge is -2.33. The first-order valence-electron chi connectivity index (χ1n) is 6.74. The second kappa shape index (κ2) is 6.05. The summed E-state index contributed by atoms with van der Waals surface area (Å²) in [6.45, 7) is 2.00. The molecule has 1 aromatic carbocycles. The van der Waals surface area contributed by atoms with Crippen molar-refractivity contribution >= 4 is 5.82 Å². The first-order chi connectivity index (χ1) is 10.3. The van der Waals surface area contributed by atoms with E-state index in [0.29, 0.717) is 19.0 Å². The van der Waals surface area contributed by atoms with Gasteiger partial charge in [0.25, 0.3) is 0 Å². The molecule has 6 heteroatoms. The van der Waals surface area contributed by atoms with Crippen molar-refractivity contribution in [3.8, 4) is 5.88 Å². The lowest BCUT2D eigenvalue weighted by Crippen LogP contribution is -2.38. The monoisotopic (exact) mass is 289 g/mol. The minimum atomic E-state index is -0.244. The smallest absolute Gasteiger partial charge is 0.218 e. The number of ether oxygens (including phenoxy) is 2. The van der Waals surface area contributed by atoms with E-state index in [1.165, 1.54) is 18.5 Å². The molecule has 1 aromatic heterocycles. The Kier molecular flexibility index (Phi) is 3.96. The Labute approximate surface area is 122 Å². The highest BCUT2D eigenvalue weighted by molar-refractivity contribution is 5.42. The Morgan fingerprint density at radius 3 is 2.86 bits per heavy atom. The largest absolute Gasteiger partial charge is 0.481 e. The van der Waals surface area contributed by atoms with Gasteiger partial charge in [0, 0.05) is 19.2 Å². The number of anilines is 1. The van der Waals surface area contributed by atoms with E-state index in [0.717, 1.165) is 17.9 Å². The van der Waals surface area contributed by atoms with Crippen molar-refractivity contribution in [2.45, 2.75) is 6.10 Å². The highest BCUT2D eigenvalue weighted by Gasteiger charge is 2.23. The van der Waals surface area contributed by atoms with Crippen LogP contribution >= 0.6 is 0 Å². The molecule has 3 rings (SSSR count). The number of hydrogen-bond acceptors (Lipinski definition) is 5. The quantitative estimate of drug-likeness (QED) is 0.867. The average Bonchev–Trinajstić information content (AvgIpc) is 2.56. The van der Waals surface area contributed by atoms with Gasteiger partial charge in [0.1, 0.15) is 24.1 Å². The molecule has 2 heterocycles. The predicted octanol–water partition coefficient (Wildman–Crippen LogP) is 2.20. The fourth-order valence-corrected chi connectivity index (χ4v) is 2.35. The number of morpholine rings is 1. The molecule has 0 amide bonds. The Morgan fingerprint density at radius 2 is 2.10 bits per heavy atom. The first-order valence-corrected chi connectivity index (χ1v) is 6.74. The van der Waals surface area contributed by atoms with Crippen molar-refractivity contribution in [2.24, 2.45) is 0 Å². The lowest BCUT2D eigenvalue weighted by atomic mass is 10.1. The number of aromatic nitrogens is 2. The third-order valence-corrected chi connectivity index (χ3v) is 3.47. The summed E-state index contributed by atoms with van der Waals surface area (Å²) in [6, 6.07) is 8.21. The molecule has 1 aliphatic rings. The minimum Gasteiger partial charge on any atom is -0.481 e. The summed E-state index contributed by atoms with van der Waals surface area (Å²) in [4.78, 5) is 10.4. The normalized spacial score (nSPS) is 18.6. The standard InChI is InChI=1S/C15H16FN3O2/c1-20-15-8-14(17-10-18-15)19-6-7-21-13(9-19)11-2-4-12(16)5-3-11/h2-5,8,10,13H,6-7,9H2,1H3/t13-/m0/s1. The number of methoxy groups -OCH3 is 1. The van der Waals surface area contributed by atoms with Crippen molar-refractivity contribution in [1.82, 2.24) is 9.97 Å². The number of halogens is 1. The van der Waals surface area contributed by atoms with Crippen LogP contribution in [0.4, 0.5) is 10.2 Å². The van der Waals surface area contributed by atoms with E-state index in [4.69, 9.17) is 9.47 Å². The van der Waals surface area contributed by atoms with E-state index in [9.17, 15) is 4.39 Å². The van der Waals surface area contributed by atoms with Gasteiger partial charge in [-0.2, -0.15) is 0 Å². The minimum absolute atomic E-state index is 0.0969. The zero-order chi connectivity index (χ0) is 14.7. The zero-order valence-electron chi connectivity index (χ0n) is 11.7. The summed E-state index contributed by atoms with van der Waals surface area (Å²) in [5.41, 5.74) is 0.960. The van der Waals surface area contributed by atoms with Gasteiger partial charge in [0.2, 0.25) is 5.88 Å². The van der Waals surface area contributed by atoms with Crippen LogP contribution in [0, 0.1) is 5.82 Å². The molecule has 0 bridgehead atoms. The van der Waals surface area contributed by atoms with Crippen LogP contribution in [0.5, 0.6) is 5.88 Å². The van der Waals surface area contributed by atoms with Crippen LogP contribution < -0.4 is 9.64 Å². The summed E-state index contributed by atoms with van der Waals surface area (Å²) in [5, 5.41) is 0. The van der Waals surface area contributed by atoms with Gasteiger partial charge < -0.3 is 14.4 Å². The van der Waals surface area contributed by atoms with Gasteiger partial charge in [-0.3, -0.25) is 0 Å². The summed E-state index contributed by atoms with van der Waals surface area (Å²) in [5.74, 6) is 1.09. The van der Waals surface area contributed by atoms with E-state index < -0.39 is 0 Å². The molecule has 0 N–H and O–H groups in total. The maximum Gasteiger partial charge on any atom is 0.218 e. The van der Waals surface area contributed by atoms with Gasteiger partial charge in [-0.15, -0.1) is 0 Å². The molecule has 5 nitrogen and oxygen atoms in total. The van der Waals surface area contributed by atoms with E-state index in [1.54, 1.807) is 25.3 Å². The first kappa shape index (κ1) is 13.8. The number of rotatable bonds is 3. The summed E-state index contributed by atoms with van der Waals surface area (Å²) >= 11 is 0. The molecule has 2 aromatic rings. The predicted molar refractivity (Wildman–Crippen MR) is 75.9 cm³/mol. The average molecular weight is 289 g/mol. The highest BCUT2D eigenvalue weighted by Crippen LogP contribution is 2.26. The third-order valence-electron chi connectivity index (χ3n) is 3.47. The fraction of sp³-hybridized carbons (Fsp3) is 0.333. The molecule has 110 valence electrons. The van der Waals surface area contributed by atoms with Gasteiger partial charge >= 0.3 is 0 Å². The van der Waals surface area contributed by atoms with Gasteiger partial charge in [-0.25, -0.2) is 14.4 Å². The number of hydrogen-bond donors (Lipinski definition) is 0. The van der Waals surface area contributed by atoms with Crippen LogP contribution in [-0.2, 0) is 4.74 Å². The van der Waals surface area contributed by atoms with Crippen molar-refractivity contribution in [2.75, 3.05) is 31.7 Å². The molecular weight excluding hydrogens is 273 g/mol. The van der Waals surface area contributed by atoms with Gasteiger partial charge in [0.05, 0.1) is 13.7 Å². The molecule has 0 saturated carbocycles. The lowest BCUT2D eigenvalue weighted by molar-refractivity contribution is 0.0394. The van der Waals surface area contributed by atoms with Crippen molar-refractivity contribution in [3.05, 3.63) is 48.0 Å². The van der Waals surface area contributed by atoms with Gasteiger partial charge in [-0.1, -0.05) is 12.1 Å². The van der Waals surface area contributed by atoms with Crippen molar-refractivity contribution in [3.63, 3.8) is 0 Å². The highest BCUT2D eigenvalue weighted by atomic mass is 19.1. The Hall–Kier alpha value is -2.21. The maximum absolute atomic E-state index is 13.0.